The molecule has 0 saturated heterocycles. The molecule has 0 fully saturated rings. The minimum atomic E-state index is -0.178. The first-order valence-corrected chi connectivity index (χ1v) is 21.9. The summed E-state index contributed by atoms with van der Waals surface area (Å²) in [7, 11) is 0. The molecule has 0 radical (unpaired) electrons. The maximum Gasteiger partial charge on any atom is 0.0544 e. The first-order chi connectivity index (χ1) is 28.4. The van der Waals surface area contributed by atoms with Gasteiger partial charge in [0.25, 0.3) is 0 Å². The second-order valence-corrected chi connectivity index (χ2v) is 20.7. The lowest BCUT2D eigenvalue weighted by atomic mass is 9.65. The van der Waals surface area contributed by atoms with Crippen LogP contribution in [0.2, 0.25) is 0 Å². The van der Waals surface area contributed by atoms with E-state index in [1.54, 1.807) is 0 Å². The fourth-order valence-corrected chi connectivity index (χ4v) is 11.5. The molecule has 7 aromatic rings. The van der Waals surface area contributed by atoms with Crippen LogP contribution in [0.15, 0.2) is 121 Å². The van der Waals surface area contributed by atoms with Gasteiger partial charge in [-0.1, -0.05) is 150 Å². The van der Waals surface area contributed by atoms with Gasteiger partial charge in [0.2, 0.25) is 0 Å². The standard InChI is InChI=1S/C58H56N2/c1-33-13-21-49-41(25-33)55(5,6)45-29-39(30-46-53(45)59(49)50-22-14-34(2)26-42(50)56(46,7)8)37-17-19-38(20-18-37)40-31-47-54-48(32-40)58(11,12)44-28-36(4)16-24-52(44)60(54)51-23-15-35(3)27-43(51)57(47,9)10/h13-32H,1-12H3. The Morgan fingerprint density at radius 1 is 0.267 bits per heavy atom. The normalized spacial score (nSPS) is 17.5. The number of anilines is 6. The zero-order chi connectivity index (χ0) is 42.0. The van der Waals surface area contributed by atoms with E-state index in [-0.39, 0.29) is 21.7 Å². The van der Waals surface area contributed by atoms with Crippen molar-refractivity contribution in [3.63, 3.8) is 0 Å². The number of rotatable bonds is 2. The van der Waals surface area contributed by atoms with Gasteiger partial charge >= 0.3 is 0 Å². The van der Waals surface area contributed by atoms with Gasteiger partial charge in [0.15, 0.2) is 0 Å². The van der Waals surface area contributed by atoms with Crippen LogP contribution in [0.3, 0.4) is 0 Å². The summed E-state index contributed by atoms with van der Waals surface area (Å²) in [5, 5.41) is 0. The summed E-state index contributed by atoms with van der Waals surface area (Å²) in [6.45, 7) is 28.3. The van der Waals surface area contributed by atoms with E-state index in [9.17, 15) is 0 Å². The Bertz CT molecular complexity index is 2640. The van der Waals surface area contributed by atoms with E-state index in [4.69, 9.17) is 0 Å². The molecule has 60 heavy (non-hydrogen) atoms. The van der Waals surface area contributed by atoms with Crippen molar-refractivity contribution in [2.45, 2.75) is 105 Å². The molecule has 0 aliphatic carbocycles. The van der Waals surface area contributed by atoms with E-state index in [0.29, 0.717) is 0 Å². The van der Waals surface area contributed by atoms with Crippen LogP contribution in [0.4, 0.5) is 34.1 Å². The fraction of sp³-hybridized carbons (Fsp3) is 0.276. The third-order valence-corrected chi connectivity index (χ3v) is 15.2. The summed E-state index contributed by atoms with van der Waals surface area (Å²) >= 11 is 0. The second-order valence-electron chi connectivity index (χ2n) is 20.7. The lowest BCUT2D eigenvalue weighted by Crippen LogP contribution is -2.38. The maximum absolute atomic E-state index is 2.57. The van der Waals surface area contributed by atoms with E-state index in [0.717, 1.165) is 0 Å². The van der Waals surface area contributed by atoms with Gasteiger partial charge in [0, 0.05) is 21.7 Å². The van der Waals surface area contributed by atoms with Crippen molar-refractivity contribution >= 4 is 34.1 Å². The number of hydrogen-bond acceptors (Lipinski definition) is 2. The largest absolute Gasteiger partial charge is 0.309 e. The Balaban J connectivity index is 1.08. The van der Waals surface area contributed by atoms with Crippen LogP contribution in [-0.2, 0) is 21.7 Å². The molecule has 11 rings (SSSR count). The molecule has 2 heteroatoms. The summed E-state index contributed by atoms with van der Waals surface area (Å²) in [4.78, 5) is 5.15. The van der Waals surface area contributed by atoms with E-state index >= 15 is 0 Å². The van der Waals surface area contributed by atoms with Gasteiger partial charge in [0.05, 0.1) is 34.1 Å². The van der Waals surface area contributed by atoms with Crippen molar-refractivity contribution in [3.8, 4) is 22.3 Å². The zero-order valence-electron chi connectivity index (χ0n) is 37.4. The van der Waals surface area contributed by atoms with Crippen molar-refractivity contribution in [2.24, 2.45) is 0 Å². The molecular formula is C58H56N2. The lowest BCUT2D eigenvalue weighted by Gasteiger charge is -2.50. The van der Waals surface area contributed by atoms with Gasteiger partial charge in [-0.2, -0.15) is 0 Å². The molecule has 4 aliphatic heterocycles. The highest BCUT2D eigenvalue weighted by molar-refractivity contribution is 5.96. The first kappa shape index (κ1) is 37.2. The maximum atomic E-state index is 2.57. The van der Waals surface area contributed by atoms with E-state index in [1.165, 1.54) is 123 Å². The van der Waals surface area contributed by atoms with Crippen molar-refractivity contribution in [2.75, 3.05) is 9.80 Å². The Kier molecular flexibility index (Phi) is 7.38. The minimum Gasteiger partial charge on any atom is -0.309 e. The molecule has 0 N–H and O–H groups in total. The van der Waals surface area contributed by atoms with Crippen molar-refractivity contribution in [1.82, 2.24) is 0 Å². The topological polar surface area (TPSA) is 6.48 Å². The third kappa shape index (κ3) is 4.82. The molecule has 0 atom stereocenters. The fourth-order valence-electron chi connectivity index (χ4n) is 11.5. The van der Waals surface area contributed by atoms with Crippen molar-refractivity contribution < 1.29 is 0 Å². The molecule has 2 nitrogen and oxygen atoms in total. The van der Waals surface area contributed by atoms with Crippen molar-refractivity contribution in [3.05, 3.63) is 188 Å². The number of fused-ring (bicyclic) bond motifs is 8. The number of hydrogen-bond donors (Lipinski definition) is 0. The molecular weight excluding hydrogens is 725 g/mol. The summed E-state index contributed by atoms with van der Waals surface area (Å²) in [6.07, 6.45) is 0. The predicted octanol–water partition coefficient (Wildman–Crippen LogP) is 15.8. The van der Waals surface area contributed by atoms with Crippen molar-refractivity contribution in [1.29, 1.82) is 0 Å². The molecule has 0 unspecified atom stereocenters. The Morgan fingerprint density at radius 3 is 0.733 bits per heavy atom. The SMILES string of the molecule is Cc1ccc2c(c1)C(C)(C)c1cc(-c3ccc(-c4cc5c6c(c4)C(C)(C)c4cc(C)ccc4N6c4ccc(C)cc4C5(C)C)cc3)cc3c1N2c1ccc(C)cc1C3(C)C. The molecule has 0 amide bonds. The highest BCUT2D eigenvalue weighted by Gasteiger charge is 2.47. The van der Waals surface area contributed by atoms with E-state index in [1.807, 2.05) is 0 Å². The van der Waals surface area contributed by atoms with E-state index in [2.05, 4.69) is 214 Å². The molecule has 0 spiro atoms. The third-order valence-electron chi connectivity index (χ3n) is 15.2. The first-order valence-electron chi connectivity index (χ1n) is 21.9. The molecule has 4 aliphatic rings. The summed E-state index contributed by atoms with van der Waals surface area (Å²) in [6, 6.07) is 47.7. The smallest absolute Gasteiger partial charge is 0.0544 e. The average Bonchev–Trinajstić information content (AvgIpc) is 3.21. The van der Waals surface area contributed by atoms with Gasteiger partial charge in [0.1, 0.15) is 0 Å². The van der Waals surface area contributed by atoms with Gasteiger partial charge in [-0.25, -0.2) is 0 Å². The lowest BCUT2D eigenvalue weighted by molar-refractivity contribution is 0.597. The molecule has 0 aromatic heterocycles. The Morgan fingerprint density at radius 2 is 0.500 bits per heavy atom. The van der Waals surface area contributed by atoms with Crippen LogP contribution in [0, 0.1) is 27.7 Å². The van der Waals surface area contributed by atoms with Crippen LogP contribution in [-0.4, -0.2) is 0 Å². The molecule has 298 valence electrons. The highest BCUT2D eigenvalue weighted by Crippen LogP contribution is 2.63. The number of nitrogens with zero attached hydrogens (tertiary/aromatic N) is 2. The molecule has 7 aromatic carbocycles. The van der Waals surface area contributed by atoms with Gasteiger partial charge < -0.3 is 9.80 Å². The second kappa shape index (κ2) is 11.9. The summed E-state index contributed by atoms with van der Waals surface area (Å²) in [5.74, 6) is 0. The quantitative estimate of drug-likeness (QED) is 0.172. The molecule has 0 bridgehead atoms. The van der Waals surface area contributed by atoms with Gasteiger partial charge in [-0.15, -0.1) is 0 Å². The van der Waals surface area contributed by atoms with Crippen LogP contribution in [0.25, 0.3) is 22.3 Å². The highest BCUT2D eigenvalue weighted by atomic mass is 15.2. The molecule has 0 saturated carbocycles. The number of benzene rings is 7. The van der Waals surface area contributed by atoms with E-state index < -0.39 is 0 Å². The zero-order valence-corrected chi connectivity index (χ0v) is 37.4. The van der Waals surface area contributed by atoms with Crippen LogP contribution in [0.1, 0.15) is 122 Å². The van der Waals surface area contributed by atoms with Crippen LogP contribution in [0.5, 0.6) is 0 Å². The van der Waals surface area contributed by atoms with Gasteiger partial charge in [-0.3, -0.25) is 0 Å². The minimum absolute atomic E-state index is 0.178. The van der Waals surface area contributed by atoms with Crippen LogP contribution >= 0.6 is 0 Å². The van der Waals surface area contributed by atoms with Crippen LogP contribution < -0.4 is 9.80 Å². The Labute approximate surface area is 357 Å². The molecule has 4 heterocycles. The van der Waals surface area contributed by atoms with Gasteiger partial charge in [-0.05, 0) is 143 Å². The average molecular weight is 781 g/mol. The predicted molar refractivity (Wildman–Crippen MR) is 254 cm³/mol. The summed E-state index contributed by atoms with van der Waals surface area (Å²) < 4.78 is 0. The summed E-state index contributed by atoms with van der Waals surface area (Å²) in [5.41, 5.74) is 28.6. The Hall–Kier alpha value is -5.86. The monoisotopic (exact) mass is 780 g/mol. The number of aryl methyl sites for hydroxylation is 4.